The first-order chi connectivity index (χ1) is 16.0. The number of anilines is 1. The van der Waals surface area contributed by atoms with Crippen LogP contribution in [0.3, 0.4) is 0 Å². The Labute approximate surface area is 199 Å². The maximum Gasteiger partial charge on any atom is 0.358 e. The quantitative estimate of drug-likeness (QED) is 0.271. The molecule has 0 atom stereocenters. The van der Waals surface area contributed by atoms with Crippen LogP contribution in [0.4, 0.5) is 5.69 Å². The molecule has 7 nitrogen and oxygen atoms in total. The summed E-state index contributed by atoms with van der Waals surface area (Å²) in [7, 11) is 0. The molecule has 1 amide bonds. The van der Waals surface area contributed by atoms with Gasteiger partial charge >= 0.3 is 5.97 Å². The highest BCUT2D eigenvalue weighted by Gasteiger charge is 2.11. The molecule has 0 spiro atoms. The second-order valence-electron chi connectivity index (χ2n) is 7.04. The monoisotopic (exact) mass is 478 g/mol. The first-order valence-electron chi connectivity index (χ1n) is 10.3. The minimum atomic E-state index is -0.456. The standard InChI is InChI=1S/C24H22N4O3S2/c1-3-31-24(30)22-12-13-28(27-22)20-8-6-18(7-9-20)26-23(29)17-4-10-21(11-5-17)33-15-19-14-32-16(2)25-19/h4-14H,3,15H2,1-2H3,(H,26,29). The average molecular weight is 479 g/mol. The molecule has 2 heterocycles. The number of hydrogen-bond acceptors (Lipinski definition) is 7. The Bertz CT molecular complexity index is 1250. The number of rotatable bonds is 8. The van der Waals surface area contributed by atoms with Crippen molar-refractivity contribution in [2.75, 3.05) is 11.9 Å². The minimum absolute atomic E-state index is 0.182. The smallest absolute Gasteiger partial charge is 0.358 e. The molecule has 2 aromatic heterocycles. The maximum atomic E-state index is 12.6. The van der Waals surface area contributed by atoms with Gasteiger partial charge in [-0.15, -0.1) is 23.1 Å². The summed E-state index contributed by atoms with van der Waals surface area (Å²) >= 11 is 3.34. The molecule has 33 heavy (non-hydrogen) atoms. The van der Waals surface area contributed by atoms with Gasteiger partial charge in [-0.25, -0.2) is 14.5 Å². The SMILES string of the molecule is CCOC(=O)c1ccn(-c2ccc(NC(=O)c3ccc(SCc4csc(C)n4)cc3)cc2)n1. The van der Waals surface area contributed by atoms with Gasteiger partial charge in [0.15, 0.2) is 5.69 Å². The van der Waals surface area contributed by atoms with Crippen molar-refractivity contribution in [1.82, 2.24) is 14.8 Å². The number of amides is 1. The lowest BCUT2D eigenvalue weighted by Crippen LogP contribution is -2.11. The molecule has 0 aliphatic rings. The molecule has 0 saturated heterocycles. The van der Waals surface area contributed by atoms with Crippen molar-refractivity contribution in [2.45, 2.75) is 24.5 Å². The Morgan fingerprint density at radius 3 is 2.52 bits per heavy atom. The van der Waals surface area contributed by atoms with E-state index >= 15 is 0 Å². The van der Waals surface area contributed by atoms with Crippen LogP contribution in [0.15, 0.2) is 71.1 Å². The van der Waals surface area contributed by atoms with Gasteiger partial charge < -0.3 is 10.1 Å². The van der Waals surface area contributed by atoms with Crippen LogP contribution in [0.5, 0.6) is 0 Å². The van der Waals surface area contributed by atoms with Crippen LogP contribution >= 0.6 is 23.1 Å². The van der Waals surface area contributed by atoms with Gasteiger partial charge in [0.2, 0.25) is 0 Å². The van der Waals surface area contributed by atoms with Gasteiger partial charge in [-0.1, -0.05) is 0 Å². The minimum Gasteiger partial charge on any atom is -0.461 e. The number of carbonyl (C=O) groups excluding carboxylic acids is 2. The zero-order chi connectivity index (χ0) is 23.2. The molecule has 4 rings (SSSR count). The second-order valence-corrected chi connectivity index (χ2v) is 9.15. The molecule has 9 heteroatoms. The summed E-state index contributed by atoms with van der Waals surface area (Å²) in [6.07, 6.45) is 1.69. The first-order valence-corrected chi connectivity index (χ1v) is 12.2. The summed E-state index contributed by atoms with van der Waals surface area (Å²) in [5, 5.41) is 10.3. The van der Waals surface area contributed by atoms with Crippen molar-refractivity contribution >= 4 is 40.7 Å². The van der Waals surface area contributed by atoms with E-state index in [0.717, 1.165) is 27.0 Å². The van der Waals surface area contributed by atoms with E-state index in [4.69, 9.17) is 4.74 Å². The molecule has 1 N–H and O–H groups in total. The molecule has 0 radical (unpaired) electrons. The lowest BCUT2D eigenvalue weighted by molar-refractivity contribution is 0.0519. The lowest BCUT2D eigenvalue weighted by Gasteiger charge is -2.08. The average Bonchev–Trinajstić information content (AvgIpc) is 3.48. The fourth-order valence-electron chi connectivity index (χ4n) is 3.02. The van der Waals surface area contributed by atoms with Crippen molar-refractivity contribution in [2.24, 2.45) is 0 Å². The first kappa shape index (κ1) is 22.8. The van der Waals surface area contributed by atoms with Crippen molar-refractivity contribution in [3.8, 4) is 5.69 Å². The molecule has 0 unspecified atom stereocenters. The van der Waals surface area contributed by atoms with Crippen molar-refractivity contribution < 1.29 is 14.3 Å². The maximum absolute atomic E-state index is 12.6. The van der Waals surface area contributed by atoms with Crippen LogP contribution < -0.4 is 5.32 Å². The van der Waals surface area contributed by atoms with E-state index in [2.05, 4.69) is 20.8 Å². The molecule has 2 aromatic carbocycles. The molecule has 0 aliphatic carbocycles. The van der Waals surface area contributed by atoms with Gasteiger partial charge in [-0.3, -0.25) is 4.79 Å². The van der Waals surface area contributed by atoms with Crippen LogP contribution in [0.25, 0.3) is 5.69 Å². The summed E-state index contributed by atoms with van der Waals surface area (Å²) in [5.74, 6) is 0.167. The number of aromatic nitrogens is 3. The Balaban J connectivity index is 1.34. The number of thiazole rings is 1. The van der Waals surface area contributed by atoms with E-state index in [1.807, 2.05) is 43.3 Å². The lowest BCUT2D eigenvalue weighted by atomic mass is 10.2. The number of ether oxygens (including phenoxy) is 1. The summed E-state index contributed by atoms with van der Waals surface area (Å²) < 4.78 is 6.54. The highest BCUT2D eigenvalue weighted by atomic mass is 32.2. The molecule has 168 valence electrons. The van der Waals surface area contributed by atoms with Crippen LogP contribution in [-0.4, -0.2) is 33.2 Å². The molecular formula is C24H22N4O3S2. The molecule has 0 aliphatic heterocycles. The van der Waals surface area contributed by atoms with E-state index in [1.165, 1.54) is 0 Å². The highest BCUT2D eigenvalue weighted by molar-refractivity contribution is 7.98. The van der Waals surface area contributed by atoms with Crippen molar-refractivity contribution in [1.29, 1.82) is 0 Å². The third-order valence-corrected chi connectivity index (χ3v) is 6.50. The summed E-state index contributed by atoms with van der Waals surface area (Å²) in [5.41, 5.74) is 3.33. The third-order valence-electron chi connectivity index (χ3n) is 4.63. The van der Waals surface area contributed by atoms with Crippen LogP contribution in [0, 0.1) is 6.92 Å². The van der Waals surface area contributed by atoms with Gasteiger partial charge in [0.25, 0.3) is 5.91 Å². The Morgan fingerprint density at radius 2 is 1.85 bits per heavy atom. The molecular weight excluding hydrogens is 456 g/mol. The van der Waals surface area contributed by atoms with Crippen LogP contribution in [-0.2, 0) is 10.5 Å². The van der Waals surface area contributed by atoms with E-state index in [9.17, 15) is 9.59 Å². The molecule has 0 fully saturated rings. The van der Waals surface area contributed by atoms with Crippen molar-refractivity contribution in [3.63, 3.8) is 0 Å². The summed E-state index contributed by atoms with van der Waals surface area (Å²) in [6.45, 7) is 4.05. The normalized spacial score (nSPS) is 10.7. The number of hydrogen-bond donors (Lipinski definition) is 1. The number of benzene rings is 2. The van der Waals surface area contributed by atoms with Gasteiger partial charge in [0.1, 0.15) is 0 Å². The predicted molar refractivity (Wildman–Crippen MR) is 130 cm³/mol. The number of aryl methyl sites for hydroxylation is 1. The van der Waals surface area contributed by atoms with Gasteiger partial charge in [-0.2, -0.15) is 5.10 Å². The third kappa shape index (κ3) is 5.88. The molecule has 4 aromatic rings. The molecule has 0 saturated carbocycles. The Kier molecular flexibility index (Phi) is 7.21. The molecule has 0 bridgehead atoms. The van der Waals surface area contributed by atoms with E-state index in [-0.39, 0.29) is 11.6 Å². The Morgan fingerprint density at radius 1 is 1.09 bits per heavy atom. The topological polar surface area (TPSA) is 86.1 Å². The number of nitrogens with one attached hydrogen (secondary N) is 1. The highest BCUT2D eigenvalue weighted by Crippen LogP contribution is 2.24. The van der Waals surface area contributed by atoms with Crippen molar-refractivity contribution in [3.05, 3.63) is 88.1 Å². The Hall–Kier alpha value is -3.43. The van der Waals surface area contributed by atoms with Gasteiger partial charge in [0.05, 0.1) is 23.0 Å². The number of nitrogens with zero attached hydrogens (tertiary/aromatic N) is 3. The fraction of sp³-hybridized carbons (Fsp3) is 0.167. The van der Waals surface area contributed by atoms with Crippen LogP contribution in [0.1, 0.15) is 38.5 Å². The van der Waals surface area contributed by atoms with Gasteiger partial charge in [0, 0.05) is 33.5 Å². The number of esters is 1. The zero-order valence-corrected chi connectivity index (χ0v) is 19.8. The van der Waals surface area contributed by atoms with Gasteiger partial charge in [-0.05, 0) is 68.4 Å². The number of carbonyl (C=O) groups is 2. The zero-order valence-electron chi connectivity index (χ0n) is 18.1. The number of thioether (sulfide) groups is 1. The van der Waals surface area contributed by atoms with E-state index < -0.39 is 5.97 Å². The fourth-order valence-corrected chi connectivity index (χ4v) is 4.53. The summed E-state index contributed by atoms with van der Waals surface area (Å²) in [6, 6.07) is 16.3. The second kappa shape index (κ2) is 10.5. The van der Waals surface area contributed by atoms with E-state index in [1.54, 1.807) is 59.1 Å². The van der Waals surface area contributed by atoms with E-state index in [0.29, 0.717) is 17.9 Å². The predicted octanol–water partition coefficient (Wildman–Crippen LogP) is 5.36. The largest absolute Gasteiger partial charge is 0.461 e. The van der Waals surface area contributed by atoms with Crippen LogP contribution in [0.2, 0.25) is 0 Å². The summed E-state index contributed by atoms with van der Waals surface area (Å²) in [4.78, 5) is 29.9.